The third-order valence-corrected chi connectivity index (χ3v) is 4.64. The van der Waals surface area contributed by atoms with Crippen LogP contribution < -0.4 is 5.32 Å². The van der Waals surface area contributed by atoms with Crippen molar-refractivity contribution >= 4 is 0 Å². The van der Waals surface area contributed by atoms with Crippen molar-refractivity contribution in [1.82, 2.24) is 10.2 Å². The van der Waals surface area contributed by atoms with E-state index in [2.05, 4.69) is 17.1 Å². The molecule has 0 aromatic carbocycles. The van der Waals surface area contributed by atoms with Gasteiger partial charge in [0, 0.05) is 25.2 Å². The van der Waals surface area contributed by atoms with E-state index < -0.39 is 0 Å². The Morgan fingerprint density at radius 3 is 2.94 bits per heavy atom. The fourth-order valence-electron chi connectivity index (χ4n) is 3.44. The Hall–Kier alpha value is -0.120. The Kier molecular flexibility index (Phi) is 5.26. The highest BCUT2D eigenvalue weighted by molar-refractivity contribution is 4.94. The Bertz CT molecular complexity index is 222. The molecule has 2 fully saturated rings. The van der Waals surface area contributed by atoms with Crippen LogP contribution in [0.25, 0.3) is 0 Å². The zero-order valence-corrected chi connectivity index (χ0v) is 11.2. The lowest BCUT2D eigenvalue weighted by atomic mass is 9.97. The van der Waals surface area contributed by atoms with Gasteiger partial charge >= 0.3 is 0 Å². The lowest BCUT2D eigenvalue weighted by Gasteiger charge is -2.33. The minimum atomic E-state index is 0.334. The van der Waals surface area contributed by atoms with Gasteiger partial charge in [-0.05, 0) is 44.7 Å². The molecule has 2 heterocycles. The van der Waals surface area contributed by atoms with Crippen LogP contribution in [0, 0.1) is 5.92 Å². The molecule has 0 saturated carbocycles. The summed E-state index contributed by atoms with van der Waals surface area (Å²) in [6, 6.07) is 1.51. The van der Waals surface area contributed by atoms with Crippen molar-refractivity contribution in [3.05, 3.63) is 0 Å². The van der Waals surface area contributed by atoms with Crippen molar-refractivity contribution in [1.29, 1.82) is 0 Å². The summed E-state index contributed by atoms with van der Waals surface area (Å²) >= 11 is 0. The first-order valence-electron chi connectivity index (χ1n) is 7.43. The maximum Gasteiger partial charge on any atom is 0.0434 e. The Morgan fingerprint density at radius 2 is 2.18 bits per heavy atom. The molecule has 2 aliphatic rings. The van der Waals surface area contributed by atoms with Crippen molar-refractivity contribution < 1.29 is 5.11 Å². The number of aliphatic hydroxyl groups excluding tert-OH is 1. The molecule has 2 N–H and O–H groups in total. The molecule has 2 rings (SSSR count). The van der Waals surface area contributed by atoms with Crippen LogP contribution in [-0.2, 0) is 0 Å². The van der Waals surface area contributed by atoms with Crippen molar-refractivity contribution in [3.8, 4) is 0 Å². The highest BCUT2D eigenvalue weighted by atomic mass is 16.3. The van der Waals surface area contributed by atoms with Crippen LogP contribution in [0.2, 0.25) is 0 Å². The number of fused-ring (bicyclic) bond motifs is 1. The first-order valence-corrected chi connectivity index (χ1v) is 7.43. The van der Waals surface area contributed by atoms with E-state index in [1.807, 2.05) is 0 Å². The van der Waals surface area contributed by atoms with Crippen LogP contribution >= 0.6 is 0 Å². The second kappa shape index (κ2) is 6.72. The number of piperidine rings is 1. The summed E-state index contributed by atoms with van der Waals surface area (Å²) in [5.41, 5.74) is 0. The van der Waals surface area contributed by atoms with Crippen LogP contribution in [0.1, 0.15) is 45.4 Å². The van der Waals surface area contributed by atoms with Crippen molar-refractivity contribution in [2.24, 2.45) is 5.92 Å². The molecule has 0 aromatic rings. The van der Waals surface area contributed by atoms with Gasteiger partial charge in [-0.2, -0.15) is 0 Å². The van der Waals surface area contributed by atoms with Crippen LogP contribution in [0.4, 0.5) is 0 Å². The molecule has 2 saturated heterocycles. The molecule has 0 spiro atoms. The molecule has 3 atom stereocenters. The Morgan fingerprint density at radius 1 is 1.29 bits per heavy atom. The molecule has 3 heteroatoms. The van der Waals surface area contributed by atoms with Gasteiger partial charge in [-0.3, -0.25) is 4.90 Å². The summed E-state index contributed by atoms with van der Waals surface area (Å²) in [7, 11) is 0. The third kappa shape index (κ3) is 3.43. The van der Waals surface area contributed by atoms with Gasteiger partial charge in [0.05, 0.1) is 0 Å². The number of hydrogen-bond donors (Lipinski definition) is 2. The second-order valence-electron chi connectivity index (χ2n) is 5.69. The van der Waals surface area contributed by atoms with E-state index in [0.29, 0.717) is 18.6 Å². The van der Waals surface area contributed by atoms with E-state index in [9.17, 15) is 0 Å². The number of nitrogens with zero attached hydrogens (tertiary/aromatic N) is 1. The maximum atomic E-state index is 9.01. The van der Waals surface area contributed by atoms with Gasteiger partial charge in [0.25, 0.3) is 0 Å². The lowest BCUT2D eigenvalue weighted by Crippen LogP contribution is -2.46. The van der Waals surface area contributed by atoms with E-state index in [1.165, 1.54) is 45.2 Å². The minimum Gasteiger partial charge on any atom is -0.396 e. The molecule has 0 amide bonds. The quantitative estimate of drug-likeness (QED) is 0.740. The standard InChI is InChI=1S/C14H28N2O/c1-2-12(7-10-17)11-15-13-6-9-16-8-4-3-5-14(13)16/h12-15,17H,2-11H2,1H3. The molecule has 17 heavy (non-hydrogen) atoms. The minimum absolute atomic E-state index is 0.334. The summed E-state index contributed by atoms with van der Waals surface area (Å²) in [5.74, 6) is 0.651. The molecule has 3 nitrogen and oxygen atoms in total. The van der Waals surface area contributed by atoms with Crippen molar-refractivity contribution in [3.63, 3.8) is 0 Å². The van der Waals surface area contributed by atoms with E-state index in [0.717, 1.165) is 19.0 Å². The molecule has 3 unspecified atom stereocenters. The summed E-state index contributed by atoms with van der Waals surface area (Å²) in [6.07, 6.45) is 7.63. The van der Waals surface area contributed by atoms with E-state index in [4.69, 9.17) is 5.11 Å². The third-order valence-electron chi connectivity index (χ3n) is 4.64. The monoisotopic (exact) mass is 240 g/mol. The second-order valence-corrected chi connectivity index (χ2v) is 5.69. The predicted octanol–water partition coefficient (Wildman–Crippen LogP) is 1.61. The molecule has 100 valence electrons. The van der Waals surface area contributed by atoms with Gasteiger partial charge in [-0.15, -0.1) is 0 Å². The molecule has 0 bridgehead atoms. The number of hydrogen-bond acceptors (Lipinski definition) is 3. The highest BCUT2D eigenvalue weighted by Gasteiger charge is 2.35. The summed E-state index contributed by atoms with van der Waals surface area (Å²) in [4.78, 5) is 2.67. The SMILES string of the molecule is CCC(CCO)CNC1CCN2CCCCC12. The molecule has 2 aliphatic heterocycles. The van der Waals surface area contributed by atoms with Crippen LogP contribution in [-0.4, -0.2) is 48.3 Å². The fraction of sp³-hybridized carbons (Fsp3) is 1.00. The van der Waals surface area contributed by atoms with Gasteiger partial charge < -0.3 is 10.4 Å². The summed E-state index contributed by atoms with van der Waals surface area (Å²) in [5, 5.41) is 12.8. The van der Waals surface area contributed by atoms with Crippen LogP contribution in [0.3, 0.4) is 0 Å². The maximum absolute atomic E-state index is 9.01. The van der Waals surface area contributed by atoms with Gasteiger partial charge in [0.2, 0.25) is 0 Å². The number of rotatable bonds is 6. The largest absolute Gasteiger partial charge is 0.396 e. The van der Waals surface area contributed by atoms with E-state index in [1.54, 1.807) is 0 Å². The highest BCUT2D eigenvalue weighted by Crippen LogP contribution is 2.27. The topological polar surface area (TPSA) is 35.5 Å². The molecular weight excluding hydrogens is 212 g/mol. The average Bonchev–Trinajstić information content (AvgIpc) is 2.78. The summed E-state index contributed by atoms with van der Waals surface area (Å²) < 4.78 is 0. The average molecular weight is 240 g/mol. The Balaban J connectivity index is 1.75. The predicted molar refractivity (Wildman–Crippen MR) is 71.1 cm³/mol. The van der Waals surface area contributed by atoms with E-state index >= 15 is 0 Å². The lowest BCUT2D eigenvalue weighted by molar-refractivity contribution is 0.176. The van der Waals surface area contributed by atoms with Crippen molar-refractivity contribution in [2.75, 3.05) is 26.2 Å². The molecule has 0 aliphatic carbocycles. The Labute approximate surface area is 106 Å². The van der Waals surface area contributed by atoms with Crippen LogP contribution in [0.5, 0.6) is 0 Å². The van der Waals surface area contributed by atoms with E-state index in [-0.39, 0.29) is 0 Å². The zero-order chi connectivity index (χ0) is 12.1. The summed E-state index contributed by atoms with van der Waals surface area (Å²) in [6.45, 7) is 6.26. The van der Waals surface area contributed by atoms with Gasteiger partial charge in [0.1, 0.15) is 0 Å². The normalized spacial score (nSPS) is 31.4. The number of nitrogens with one attached hydrogen (secondary N) is 1. The van der Waals surface area contributed by atoms with Crippen LogP contribution in [0.15, 0.2) is 0 Å². The van der Waals surface area contributed by atoms with Gasteiger partial charge in [0.15, 0.2) is 0 Å². The van der Waals surface area contributed by atoms with Gasteiger partial charge in [-0.1, -0.05) is 19.8 Å². The smallest absolute Gasteiger partial charge is 0.0434 e. The molecule has 0 aromatic heterocycles. The first kappa shape index (κ1) is 13.3. The van der Waals surface area contributed by atoms with Gasteiger partial charge in [-0.25, -0.2) is 0 Å². The zero-order valence-electron chi connectivity index (χ0n) is 11.2. The fourth-order valence-corrected chi connectivity index (χ4v) is 3.44. The molecular formula is C14H28N2O. The van der Waals surface area contributed by atoms with Crippen molar-refractivity contribution in [2.45, 2.75) is 57.5 Å². The number of aliphatic hydroxyl groups is 1. The molecule has 0 radical (unpaired) electrons. The first-order chi connectivity index (χ1) is 8.35.